The molecule has 2 aromatic carbocycles. The van der Waals surface area contributed by atoms with Crippen LogP contribution in [0.15, 0.2) is 46.9 Å². The number of methoxy groups -OCH3 is 2. The van der Waals surface area contributed by atoms with E-state index in [1.807, 2.05) is 12.1 Å². The normalized spacial score (nSPS) is 12.0. The van der Waals surface area contributed by atoms with Crippen LogP contribution in [0, 0.1) is 0 Å². The first kappa shape index (κ1) is 15.4. The summed E-state index contributed by atoms with van der Waals surface area (Å²) >= 11 is 7.20. The Morgan fingerprint density at radius 1 is 1.00 bits per heavy atom. The molecule has 0 aliphatic carbocycles. The lowest BCUT2D eigenvalue weighted by Crippen LogP contribution is -2.00. The molecule has 0 aliphatic rings. The van der Waals surface area contributed by atoms with Crippen LogP contribution < -0.4 is 9.47 Å². The number of benzene rings is 2. The van der Waals surface area contributed by atoms with Crippen molar-refractivity contribution in [2.24, 2.45) is 0 Å². The molecule has 0 spiro atoms. The molecule has 1 unspecified atom stereocenters. The Morgan fingerprint density at radius 3 is 2.30 bits per heavy atom. The molecule has 1 atom stereocenters. The zero-order valence-corrected chi connectivity index (χ0v) is 14.6. The summed E-state index contributed by atoms with van der Waals surface area (Å²) < 4.78 is 11.9. The van der Waals surface area contributed by atoms with Crippen molar-refractivity contribution in [1.82, 2.24) is 0 Å². The fourth-order valence-electron chi connectivity index (χ4n) is 2.10. The van der Waals surface area contributed by atoms with Crippen molar-refractivity contribution in [1.29, 1.82) is 0 Å². The molecule has 0 radical (unpaired) electrons. The van der Waals surface area contributed by atoms with E-state index < -0.39 is 0 Å². The van der Waals surface area contributed by atoms with E-state index in [1.54, 1.807) is 14.2 Å². The molecule has 20 heavy (non-hydrogen) atoms. The number of halogens is 2. The fraction of sp³-hybridized carbons (Fsp3) is 0.250. The van der Waals surface area contributed by atoms with Gasteiger partial charge in [0.1, 0.15) is 0 Å². The number of ether oxygens (including phenoxy) is 2. The van der Waals surface area contributed by atoms with Crippen molar-refractivity contribution < 1.29 is 9.47 Å². The lowest BCUT2D eigenvalue weighted by atomic mass is 10.0. The smallest absolute Gasteiger partial charge is 0.165 e. The Kier molecular flexibility index (Phi) is 5.49. The third-order valence-electron chi connectivity index (χ3n) is 3.10. The topological polar surface area (TPSA) is 18.5 Å². The van der Waals surface area contributed by atoms with Crippen molar-refractivity contribution in [3.05, 3.63) is 58.1 Å². The second-order valence-corrected chi connectivity index (χ2v) is 6.40. The molecule has 0 saturated heterocycles. The van der Waals surface area contributed by atoms with E-state index in [0.717, 1.165) is 28.0 Å². The Balaban J connectivity index is 2.24. The molecule has 4 heteroatoms. The van der Waals surface area contributed by atoms with Gasteiger partial charge < -0.3 is 9.47 Å². The van der Waals surface area contributed by atoms with E-state index in [4.69, 9.17) is 9.47 Å². The summed E-state index contributed by atoms with van der Waals surface area (Å²) in [4.78, 5) is 0.175. The van der Waals surface area contributed by atoms with E-state index in [0.29, 0.717) is 0 Å². The van der Waals surface area contributed by atoms with Crippen LogP contribution in [0.5, 0.6) is 11.5 Å². The maximum Gasteiger partial charge on any atom is 0.165 e. The highest BCUT2D eigenvalue weighted by molar-refractivity contribution is 9.10. The molecule has 2 nitrogen and oxygen atoms in total. The van der Waals surface area contributed by atoms with Gasteiger partial charge in [0.15, 0.2) is 11.5 Å². The van der Waals surface area contributed by atoms with Crippen LogP contribution in [0.4, 0.5) is 0 Å². The highest BCUT2D eigenvalue weighted by atomic mass is 79.9. The molecule has 0 aliphatic heterocycles. The summed E-state index contributed by atoms with van der Waals surface area (Å²) in [6, 6.07) is 14.3. The first-order valence-electron chi connectivity index (χ1n) is 6.25. The molecule has 0 saturated carbocycles. The number of alkyl halides is 1. The number of hydrogen-bond donors (Lipinski definition) is 0. The van der Waals surface area contributed by atoms with Crippen molar-refractivity contribution in [2.45, 2.75) is 11.2 Å². The van der Waals surface area contributed by atoms with E-state index in [-0.39, 0.29) is 4.83 Å². The predicted molar refractivity (Wildman–Crippen MR) is 89.1 cm³/mol. The number of hydrogen-bond acceptors (Lipinski definition) is 2. The third-order valence-corrected chi connectivity index (χ3v) is 4.44. The van der Waals surface area contributed by atoms with Crippen molar-refractivity contribution in [2.75, 3.05) is 14.2 Å². The number of rotatable bonds is 5. The average Bonchev–Trinajstić information content (AvgIpc) is 2.48. The minimum atomic E-state index is 0.175. The molecular weight excluding hydrogens is 384 g/mol. The Hall–Kier alpha value is -1.00. The van der Waals surface area contributed by atoms with Gasteiger partial charge in [-0.2, -0.15) is 0 Å². The average molecular weight is 400 g/mol. The molecule has 0 N–H and O–H groups in total. The molecule has 0 amide bonds. The van der Waals surface area contributed by atoms with Crippen LogP contribution in [0.25, 0.3) is 0 Å². The maximum absolute atomic E-state index is 5.48. The monoisotopic (exact) mass is 398 g/mol. The molecule has 106 valence electrons. The number of para-hydroxylation sites is 1. The molecule has 0 bridgehead atoms. The second-order valence-electron chi connectivity index (χ2n) is 4.38. The molecule has 2 rings (SSSR count). The van der Waals surface area contributed by atoms with Gasteiger partial charge in [0.05, 0.1) is 14.2 Å². The van der Waals surface area contributed by atoms with Gasteiger partial charge in [0, 0.05) is 14.9 Å². The van der Waals surface area contributed by atoms with Gasteiger partial charge in [0.25, 0.3) is 0 Å². The Bertz CT molecular complexity index is 567. The molecular formula is C16H16Br2O2. The SMILES string of the molecule is COc1cccc(C(Br)Cc2ccc(Br)cc2)c1OC. The summed E-state index contributed by atoms with van der Waals surface area (Å²) in [5, 5.41) is 0. The van der Waals surface area contributed by atoms with Gasteiger partial charge in [-0.1, -0.05) is 56.1 Å². The third kappa shape index (κ3) is 3.55. The van der Waals surface area contributed by atoms with Crippen molar-refractivity contribution in [3.63, 3.8) is 0 Å². The van der Waals surface area contributed by atoms with Crippen LogP contribution in [-0.2, 0) is 6.42 Å². The zero-order valence-electron chi connectivity index (χ0n) is 11.4. The van der Waals surface area contributed by atoms with Crippen LogP contribution in [0.1, 0.15) is 16.0 Å². The summed E-state index contributed by atoms with van der Waals surface area (Å²) in [5.74, 6) is 1.54. The first-order valence-corrected chi connectivity index (χ1v) is 7.96. The standard InChI is InChI=1S/C16H16Br2O2/c1-19-15-5-3-4-13(16(15)20-2)14(18)10-11-6-8-12(17)9-7-11/h3-9,14H,10H2,1-2H3. The van der Waals surface area contributed by atoms with E-state index in [9.17, 15) is 0 Å². The summed E-state index contributed by atoms with van der Waals surface area (Å²) in [7, 11) is 3.32. The Labute approximate surface area is 136 Å². The van der Waals surface area contributed by atoms with Crippen LogP contribution in [0.2, 0.25) is 0 Å². The van der Waals surface area contributed by atoms with E-state index in [2.05, 4.69) is 62.2 Å². The van der Waals surface area contributed by atoms with Gasteiger partial charge in [-0.05, 0) is 30.2 Å². The largest absolute Gasteiger partial charge is 0.493 e. The molecule has 2 aromatic rings. The van der Waals surface area contributed by atoms with E-state index in [1.165, 1.54) is 5.56 Å². The molecule has 0 heterocycles. The lowest BCUT2D eigenvalue weighted by Gasteiger charge is -2.17. The van der Waals surface area contributed by atoms with Crippen LogP contribution in [0.3, 0.4) is 0 Å². The summed E-state index contributed by atoms with van der Waals surface area (Å²) in [6.07, 6.45) is 0.886. The predicted octanol–water partition coefficient (Wildman–Crippen LogP) is 5.15. The minimum Gasteiger partial charge on any atom is -0.493 e. The summed E-state index contributed by atoms with van der Waals surface area (Å²) in [6.45, 7) is 0. The van der Waals surface area contributed by atoms with Gasteiger partial charge >= 0.3 is 0 Å². The van der Waals surface area contributed by atoms with Crippen LogP contribution >= 0.6 is 31.9 Å². The van der Waals surface area contributed by atoms with Gasteiger partial charge in [-0.3, -0.25) is 0 Å². The van der Waals surface area contributed by atoms with Crippen molar-refractivity contribution >= 4 is 31.9 Å². The maximum atomic E-state index is 5.48. The minimum absolute atomic E-state index is 0.175. The van der Waals surface area contributed by atoms with E-state index >= 15 is 0 Å². The van der Waals surface area contributed by atoms with Gasteiger partial charge in [-0.25, -0.2) is 0 Å². The van der Waals surface area contributed by atoms with Gasteiger partial charge in [-0.15, -0.1) is 0 Å². The Morgan fingerprint density at radius 2 is 1.70 bits per heavy atom. The zero-order chi connectivity index (χ0) is 14.5. The van der Waals surface area contributed by atoms with Gasteiger partial charge in [0.2, 0.25) is 0 Å². The molecule has 0 fully saturated rings. The second kappa shape index (κ2) is 7.14. The van der Waals surface area contributed by atoms with Crippen LogP contribution in [-0.4, -0.2) is 14.2 Å². The highest BCUT2D eigenvalue weighted by Gasteiger charge is 2.17. The lowest BCUT2D eigenvalue weighted by molar-refractivity contribution is 0.351. The quantitative estimate of drug-likeness (QED) is 0.647. The highest BCUT2D eigenvalue weighted by Crippen LogP contribution is 2.39. The first-order chi connectivity index (χ1) is 9.65. The fourth-order valence-corrected chi connectivity index (χ4v) is 3.09. The van der Waals surface area contributed by atoms with Crippen molar-refractivity contribution in [3.8, 4) is 11.5 Å². The summed E-state index contributed by atoms with van der Waals surface area (Å²) in [5.41, 5.74) is 2.36. The molecule has 0 aromatic heterocycles.